The van der Waals surface area contributed by atoms with E-state index in [0.29, 0.717) is 17.9 Å². The maximum absolute atomic E-state index is 12.1. The fourth-order valence-corrected chi connectivity index (χ4v) is 2.53. The second kappa shape index (κ2) is 6.62. The average Bonchev–Trinajstić information content (AvgIpc) is 2.88. The van der Waals surface area contributed by atoms with Gasteiger partial charge in [-0.15, -0.1) is 0 Å². The Morgan fingerprint density at radius 2 is 2.00 bits per heavy atom. The van der Waals surface area contributed by atoms with Crippen molar-refractivity contribution in [3.05, 3.63) is 59.9 Å². The molecule has 0 aliphatic rings. The predicted molar refractivity (Wildman–Crippen MR) is 90.5 cm³/mol. The Morgan fingerprint density at radius 3 is 2.75 bits per heavy atom. The lowest BCUT2D eigenvalue weighted by atomic mass is 10.2. The third-order valence-electron chi connectivity index (χ3n) is 3.86. The Bertz CT molecular complexity index is 859. The number of imidazole rings is 1. The molecule has 24 heavy (non-hydrogen) atoms. The minimum absolute atomic E-state index is 0.0733. The van der Waals surface area contributed by atoms with Crippen LogP contribution in [0.3, 0.4) is 0 Å². The number of aromatic hydroxyl groups is 1. The van der Waals surface area contributed by atoms with Crippen molar-refractivity contribution >= 4 is 17.1 Å². The number of nitrogens with zero attached hydrogens (tertiary/aromatic N) is 3. The zero-order valence-electron chi connectivity index (χ0n) is 13.6. The number of ether oxygens (including phenoxy) is 1. The zero-order chi connectivity index (χ0) is 17.1. The molecule has 1 heterocycles. The molecule has 0 atom stereocenters. The molecule has 0 aliphatic heterocycles. The van der Waals surface area contributed by atoms with E-state index in [9.17, 15) is 9.90 Å². The Hall–Kier alpha value is -3.02. The van der Waals surface area contributed by atoms with Gasteiger partial charge in [0.25, 0.3) is 0 Å². The van der Waals surface area contributed by atoms with Crippen LogP contribution in [-0.4, -0.2) is 32.7 Å². The van der Waals surface area contributed by atoms with Gasteiger partial charge in [-0.05, 0) is 17.7 Å². The fraction of sp³-hybridized carbons (Fsp3) is 0.222. The summed E-state index contributed by atoms with van der Waals surface area (Å²) in [6.45, 7) is 0.556. The van der Waals surface area contributed by atoms with E-state index < -0.39 is 6.09 Å². The van der Waals surface area contributed by atoms with Crippen molar-refractivity contribution < 1.29 is 14.6 Å². The molecule has 0 unspecified atom stereocenters. The molecule has 0 bridgehead atoms. The molecule has 3 rings (SSSR count). The Balaban J connectivity index is 1.65. The van der Waals surface area contributed by atoms with Crippen LogP contribution in [-0.2, 0) is 24.9 Å². The van der Waals surface area contributed by atoms with Gasteiger partial charge in [0.15, 0.2) is 6.61 Å². The lowest BCUT2D eigenvalue weighted by molar-refractivity contribution is 0.0995. The second-order valence-corrected chi connectivity index (χ2v) is 5.66. The first-order valence-electron chi connectivity index (χ1n) is 7.61. The Labute approximate surface area is 139 Å². The number of hydrogen-bond acceptors (Lipinski definition) is 4. The third-order valence-corrected chi connectivity index (χ3v) is 3.86. The van der Waals surface area contributed by atoms with Gasteiger partial charge in [-0.2, -0.15) is 0 Å². The molecule has 0 saturated heterocycles. The van der Waals surface area contributed by atoms with Crippen molar-refractivity contribution in [2.45, 2.75) is 13.2 Å². The quantitative estimate of drug-likeness (QED) is 0.800. The van der Waals surface area contributed by atoms with Crippen LogP contribution in [0.4, 0.5) is 4.79 Å². The highest BCUT2D eigenvalue weighted by atomic mass is 16.6. The summed E-state index contributed by atoms with van der Waals surface area (Å²) in [6.07, 6.45) is -0.409. The highest BCUT2D eigenvalue weighted by Gasteiger charge is 2.14. The van der Waals surface area contributed by atoms with Crippen molar-refractivity contribution in [3.8, 4) is 5.75 Å². The molecular weight excluding hydrogens is 306 g/mol. The van der Waals surface area contributed by atoms with E-state index in [1.54, 1.807) is 25.2 Å². The Kier molecular flexibility index (Phi) is 4.37. The van der Waals surface area contributed by atoms with E-state index in [2.05, 4.69) is 4.98 Å². The summed E-state index contributed by atoms with van der Waals surface area (Å²) < 4.78 is 7.19. The minimum Gasteiger partial charge on any atom is -0.508 e. The summed E-state index contributed by atoms with van der Waals surface area (Å²) in [6, 6.07) is 14.7. The van der Waals surface area contributed by atoms with E-state index in [-0.39, 0.29) is 12.4 Å². The molecule has 1 N–H and O–H groups in total. The molecule has 0 aliphatic carbocycles. The van der Waals surface area contributed by atoms with Gasteiger partial charge in [-0.3, -0.25) is 0 Å². The van der Waals surface area contributed by atoms with Crippen molar-refractivity contribution in [2.75, 3.05) is 7.05 Å². The standard InChI is InChI=1S/C18H19N3O3/c1-20(11-13-6-4-3-5-7-13)18(23)24-12-17-19-15-10-14(22)8-9-16(15)21(17)2/h3-10,22H,11-12H2,1-2H3. The SMILES string of the molecule is CN(Cc1ccccc1)C(=O)OCc1nc2cc(O)ccc2n1C. The van der Waals surface area contributed by atoms with Gasteiger partial charge in [0.1, 0.15) is 11.6 Å². The number of carbonyl (C=O) groups excluding carboxylic acids is 1. The van der Waals surface area contributed by atoms with Crippen LogP contribution in [0.15, 0.2) is 48.5 Å². The first-order chi connectivity index (χ1) is 11.5. The molecule has 0 saturated carbocycles. The summed E-state index contributed by atoms with van der Waals surface area (Å²) in [5, 5.41) is 9.52. The van der Waals surface area contributed by atoms with Gasteiger partial charge in [0.2, 0.25) is 0 Å². The van der Waals surface area contributed by atoms with Crippen LogP contribution in [0, 0.1) is 0 Å². The molecule has 1 amide bonds. The normalized spacial score (nSPS) is 10.8. The first-order valence-corrected chi connectivity index (χ1v) is 7.61. The zero-order valence-corrected chi connectivity index (χ0v) is 13.6. The summed E-state index contributed by atoms with van der Waals surface area (Å²) >= 11 is 0. The molecule has 0 spiro atoms. The maximum Gasteiger partial charge on any atom is 0.410 e. The molecular formula is C18H19N3O3. The van der Waals surface area contributed by atoms with E-state index >= 15 is 0 Å². The number of amides is 1. The topological polar surface area (TPSA) is 67.6 Å². The van der Waals surface area contributed by atoms with E-state index in [0.717, 1.165) is 11.1 Å². The Morgan fingerprint density at radius 1 is 1.25 bits per heavy atom. The summed E-state index contributed by atoms with van der Waals surface area (Å²) in [4.78, 5) is 18.0. The van der Waals surface area contributed by atoms with Crippen LogP contribution >= 0.6 is 0 Å². The highest BCUT2D eigenvalue weighted by Crippen LogP contribution is 2.20. The number of benzene rings is 2. The lowest BCUT2D eigenvalue weighted by Gasteiger charge is -2.16. The second-order valence-electron chi connectivity index (χ2n) is 5.66. The predicted octanol–water partition coefficient (Wildman–Crippen LogP) is 3.05. The number of rotatable bonds is 4. The van der Waals surface area contributed by atoms with Gasteiger partial charge < -0.3 is 19.3 Å². The lowest BCUT2D eigenvalue weighted by Crippen LogP contribution is -2.27. The van der Waals surface area contributed by atoms with Gasteiger partial charge in [-0.1, -0.05) is 30.3 Å². The summed E-state index contributed by atoms with van der Waals surface area (Å²) in [5.74, 6) is 0.781. The molecule has 1 aromatic heterocycles. The molecule has 0 fully saturated rings. The van der Waals surface area contributed by atoms with Gasteiger partial charge in [0, 0.05) is 26.7 Å². The number of fused-ring (bicyclic) bond motifs is 1. The summed E-state index contributed by atoms with van der Waals surface area (Å²) in [7, 11) is 3.55. The van der Waals surface area contributed by atoms with E-state index in [1.165, 1.54) is 4.90 Å². The number of phenols is 1. The van der Waals surface area contributed by atoms with Crippen LogP contribution in [0.25, 0.3) is 11.0 Å². The number of phenolic OH excluding ortho intramolecular Hbond substituents is 1. The molecule has 3 aromatic rings. The first kappa shape index (κ1) is 15.9. The molecule has 124 valence electrons. The van der Waals surface area contributed by atoms with Crippen molar-refractivity contribution in [2.24, 2.45) is 7.05 Å². The smallest absolute Gasteiger partial charge is 0.410 e. The van der Waals surface area contributed by atoms with Gasteiger partial charge in [-0.25, -0.2) is 9.78 Å². The number of aryl methyl sites for hydroxylation is 1. The average molecular weight is 325 g/mol. The van der Waals surface area contributed by atoms with Crippen molar-refractivity contribution in [1.82, 2.24) is 14.5 Å². The van der Waals surface area contributed by atoms with Gasteiger partial charge >= 0.3 is 6.09 Å². The number of hydrogen-bond donors (Lipinski definition) is 1. The molecule has 6 heteroatoms. The molecule has 6 nitrogen and oxygen atoms in total. The maximum atomic E-state index is 12.1. The van der Waals surface area contributed by atoms with Gasteiger partial charge in [0.05, 0.1) is 11.0 Å². The van der Waals surface area contributed by atoms with E-state index in [4.69, 9.17) is 4.74 Å². The van der Waals surface area contributed by atoms with Crippen LogP contribution in [0.2, 0.25) is 0 Å². The van der Waals surface area contributed by atoms with Crippen molar-refractivity contribution in [3.63, 3.8) is 0 Å². The highest BCUT2D eigenvalue weighted by molar-refractivity contribution is 5.77. The summed E-state index contributed by atoms with van der Waals surface area (Å²) in [5.41, 5.74) is 2.58. The monoisotopic (exact) mass is 325 g/mol. The van der Waals surface area contributed by atoms with Crippen molar-refractivity contribution in [1.29, 1.82) is 0 Å². The molecule has 0 radical (unpaired) electrons. The van der Waals surface area contributed by atoms with Crippen LogP contribution in [0.5, 0.6) is 5.75 Å². The number of carbonyl (C=O) groups is 1. The number of aromatic nitrogens is 2. The fourth-order valence-electron chi connectivity index (χ4n) is 2.53. The van der Waals surface area contributed by atoms with Crippen LogP contribution in [0.1, 0.15) is 11.4 Å². The minimum atomic E-state index is -0.409. The molecule has 2 aromatic carbocycles. The van der Waals surface area contributed by atoms with E-state index in [1.807, 2.05) is 41.9 Å². The largest absolute Gasteiger partial charge is 0.508 e. The van der Waals surface area contributed by atoms with Crippen LogP contribution < -0.4 is 0 Å². The third kappa shape index (κ3) is 3.32.